The Morgan fingerprint density at radius 3 is 2.67 bits per heavy atom. The Labute approximate surface area is 120 Å². The van der Waals surface area contributed by atoms with E-state index < -0.39 is 18.6 Å². The first kappa shape index (κ1) is 14.4. The maximum Gasteiger partial charge on any atom is 0.406 e. The van der Waals surface area contributed by atoms with Crippen molar-refractivity contribution in [2.24, 2.45) is 5.92 Å². The first-order valence-electron chi connectivity index (χ1n) is 7.36. The van der Waals surface area contributed by atoms with Crippen LogP contribution >= 0.6 is 0 Å². The first-order valence-corrected chi connectivity index (χ1v) is 7.36. The van der Waals surface area contributed by atoms with E-state index in [0.717, 1.165) is 54.7 Å². The molecule has 4 nitrogen and oxygen atoms in total. The largest absolute Gasteiger partial charge is 0.406 e. The van der Waals surface area contributed by atoms with Crippen LogP contribution in [0, 0.1) is 5.92 Å². The van der Waals surface area contributed by atoms with Gasteiger partial charge in [0.2, 0.25) is 0 Å². The Balaban J connectivity index is 1.78. The molecule has 1 N–H and O–H groups in total. The molecule has 0 radical (unpaired) electrons. The average Bonchev–Trinajstić information content (AvgIpc) is 2.91. The fraction of sp³-hybridized carbons (Fsp3) is 0.714. The maximum atomic E-state index is 12.7. The van der Waals surface area contributed by atoms with Crippen molar-refractivity contribution in [3.63, 3.8) is 0 Å². The van der Waals surface area contributed by atoms with Gasteiger partial charge in [-0.2, -0.15) is 18.3 Å². The lowest BCUT2D eigenvalue weighted by Crippen LogP contribution is -2.43. The molecule has 1 aromatic rings. The molecule has 7 heteroatoms. The molecule has 0 aliphatic heterocycles. The van der Waals surface area contributed by atoms with E-state index in [1.165, 1.54) is 0 Å². The normalized spacial score (nSPS) is 18.4. The molecule has 1 amide bonds. The molecule has 116 valence electrons. The van der Waals surface area contributed by atoms with E-state index in [4.69, 9.17) is 0 Å². The Kier molecular flexibility index (Phi) is 3.67. The minimum atomic E-state index is -4.38. The zero-order valence-electron chi connectivity index (χ0n) is 11.7. The van der Waals surface area contributed by atoms with Crippen molar-refractivity contribution < 1.29 is 18.0 Å². The predicted octanol–water partition coefficient (Wildman–Crippen LogP) is 2.70. The number of aryl methyl sites for hydroxylation is 1. The summed E-state index contributed by atoms with van der Waals surface area (Å²) in [5.41, 5.74) is 1.89. The van der Waals surface area contributed by atoms with Gasteiger partial charge in [-0.1, -0.05) is 6.42 Å². The third-order valence-electron chi connectivity index (χ3n) is 4.37. The van der Waals surface area contributed by atoms with Crippen LogP contribution in [-0.4, -0.2) is 40.3 Å². The van der Waals surface area contributed by atoms with Crippen molar-refractivity contribution in [3.8, 4) is 0 Å². The van der Waals surface area contributed by atoms with E-state index in [2.05, 4.69) is 10.2 Å². The van der Waals surface area contributed by atoms with E-state index in [1.54, 1.807) is 0 Å². The van der Waals surface area contributed by atoms with Crippen LogP contribution in [0.2, 0.25) is 0 Å². The average molecular weight is 301 g/mol. The lowest BCUT2D eigenvalue weighted by molar-refractivity contribution is -0.142. The molecule has 1 heterocycles. The Morgan fingerprint density at radius 2 is 2.05 bits per heavy atom. The molecule has 2 aliphatic carbocycles. The van der Waals surface area contributed by atoms with E-state index >= 15 is 0 Å². The summed E-state index contributed by atoms with van der Waals surface area (Å²) in [7, 11) is 0. The van der Waals surface area contributed by atoms with Gasteiger partial charge in [-0.05, 0) is 38.0 Å². The summed E-state index contributed by atoms with van der Waals surface area (Å²) in [5, 5.41) is 6.74. The Morgan fingerprint density at radius 1 is 1.29 bits per heavy atom. The van der Waals surface area contributed by atoms with Crippen molar-refractivity contribution in [3.05, 3.63) is 17.0 Å². The number of hydrogen-bond acceptors (Lipinski definition) is 2. The van der Waals surface area contributed by atoms with Crippen molar-refractivity contribution in [2.45, 2.75) is 44.7 Å². The van der Waals surface area contributed by atoms with Crippen LogP contribution in [0.4, 0.5) is 13.2 Å². The van der Waals surface area contributed by atoms with E-state index in [-0.39, 0.29) is 18.2 Å². The van der Waals surface area contributed by atoms with Crippen LogP contribution in [0.1, 0.15) is 47.4 Å². The number of aromatic amines is 1. The monoisotopic (exact) mass is 301 g/mol. The van der Waals surface area contributed by atoms with Crippen LogP contribution in [0.3, 0.4) is 0 Å². The highest BCUT2D eigenvalue weighted by molar-refractivity contribution is 5.94. The highest BCUT2D eigenvalue weighted by Gasteiger charge is 2.37. The number of nitrogens with zero attached hydrogens (tertiary/aromatic N) is 2. The van der Waals surface area contributed by atoms with Crippen LogP contribution in [-0.2, 0) is 12.8 Å². The molecule has 1 fully saturated rings. The van der Waals surface area contributed by atoms with Gasteiger partial charge in [-0.15, -0.1) is 0 Å². The summed E-state index contributed by atoms with van der Waals surface area (Å²) in [6, 6.07) is 0. The minimum absolute atomic E-state index is 0.181. The number of halogens is 3. The number of carbonyl (C=O) groups is 1. The summed E-state index contributed by atoms with van der Waals surface area (Å²) in [6.07, 6.45) is 0.926. The van der Waals surface area contributed by atoms with Crippen LogP contribution in [0.25, 0.3) is 0 Å². The highest BCUT2D eigenvalue weighted by atomic mass is 19.4. The molecule has 0 saturated heterocycles. The summed E-state index contributed by atoms with van der Waals surface area (Å²) >= 11 is 0. The molecule has 1 saturated carbocycles. The molecule has 3 rings (SSSR count). The second kappa shape index (κ2) is 5.35. The number of aromatic nitrogens is 2. The molecule has 0 aromatic carbocycles. The number of carbonyl (C=O) groups excluding carboxylic acids is 1. The fourth-order valence-electron chi connectivity index (χ4n) is 3.07. The van der Waals surface area contributed by atoms with E-state index in [1.807, 2.05) is 0 Å². The van der Waals surface area contributed by atoms with E-state index in [9.17, 15) is 18.0 Å². The first-order chi connectivity index (χ1) is 9.94. The zero-order chi connectivity index (χ0) is 15.0. The molecule has 0 bridgehead atoms. The Hall–Kier alpha value is -1.53. The van der Waals surface area contributed by atoms with Crippen LogP contribution < -0.4 is 0 Å². The minimum Gasteiger partial charge on any atom is -0.328 e. The van der Waals surface area contributed by atoms with Gasteiger partial charge < -0.3 is 4.90 Å². The molecule has 0 atom stereocenters. The van der Waals surface area contributed by atoms with Gasteiger partial charge in [0.25, 0.3) is 5.91 Å². The van der Waals surface area contributed by atoms with Crippen LogP contribution in [0.15, 0.2) is 0 Å². The topological polar surface area (TPSA) is 49.0 Å². The van der Waals surface area contributed by atoms with Gasteiger partial charge in [0.05, 0.1) is 0 Å². The van der Waals surface area contributed by atoms with Gasteiger partial charge in [-0.25, -0.2) is 0 Å². The lowest BCUT2D eigenvalue weighted by Gasteiger charge is -2.32. The highest BCUT2D eigenvalue weighted by Crippen LogP contribution is 2.30. The third-order valence-corrected chi connectivity index (χ3v) is 4.37. The van der Waals surface area contributed by atoms with E-state index in [0.29, 0.717) is 0 Å². The summed E-state index contributed by atoms with van der Waals surface area (Å²) in [5.74, 6) is -0.387. The van der Waals surface area contributed by atoms with Crippen molar-refractivity contribution in [2.75, 3.05) is 13.1 Å². The van der Waals surface area contributed by atoms with Gasteiger partial charge in [0, 0.05) is 17.8 Å². The molecular formula is C14H18F3N3O. The molecule has 1 aromatic heterocycles. The smallest absolute Gasteiger partial charge is 0.328 e. The second-order valence-electron chi connectivity index (χ2n) is 5.98. The summed E-state index contributed by atoms with van der Waals surface area (Å²) in [4.78, 5) is 13.4. The van der Waals surface area contributed by atoms with Gasteiger partial charge in [0.1, 0.15) is 6.54 Å². The lowest BCUT2D eigenvalue weighted by atomic mass is 9.85. The molecule has 0 spiro atoms. The molecule has 2 aliphatic rings. The third kappa shape index (κ3) is 3.06. The van der Waals surface area contributed by atoms with Gasteiger partial charge >= 0.3 is 6.18 Å². The van der Waals surface area contributed by atoms with Gasteiger partial charge in [0.15, 0.2) is 5.69 Å². The number of hydrogen-bond donors (Lipinski definition) is 1. The quantitative estimate of drug-likeness (QED) is 0.929. The van der Waals surface area contributed by atoms with Crippen LogP contribution in [0.5, 0.6) is 0 Å². The molecule has 21 heavy (non-hydrogen) atoms. The standard InChI is InChI=1S/C14H18F3N3O/c15-14(16,17)8-20(7-9-3-1-4-9)13(21)12-10-5-2-6-11(10)18-19-12/h9H,1-8H2,(H,18,19). The zero-order valence-corrected chi connectivity index (χ0v) is 11.7. The number of H-pyrrole nitrogens is 1. The van der Waals surface area contributed by atoms with Crippen molar-refractivity contribution >= 4 is 5.91 Å². The number of alkyl halides is 3. The number of nitrogens with one attached hydrogen (secondary N) is 1. The SMILES string of the molecule is O=C(c1n[nH]c2c1CCC2)N(CC1CCC1)CC(F)(F)F. The summed E-state index contributed by atoms with van der Waals surface area (Å²) < 4.78 is 38.2. The van der Waals surface area contributed by atoms with Crippen molar-refractivity contribution in [1.29, 1.82) is 0 Å². The van der Waals surface area contributed by atoms with Gasteiger partial charge in [-0.3, -0.25) is 9.89 Å². The number of rotatable bonds is 4. The summed E-state index contributed by atoms with van der Waals surface area (Å²) in [6.45, 7) is -1.01. The number of fused-ring (bicyclic) bond motifs is 1. The Bertz CT molecular complexity index is 534. The maximum absolute atomic E-state index is 12.7. The number of amides is 1. The molecule has 0 unspecified atom stereocenters. The molecular weight excluding hydrogens is 283 g/mol. The fourth-order valence-corrected chi connectivity index (χ4v) is 3.07. The predicted molar refractivity (Wildman–Crippen MR) is 69.9 cm³/mol. The second-order valence-corrected chi connectivity index (χ2v) is 5.98. The van der Waals surface area contributed by atoms with Crippen molar-refractivity contribution in [1.82, 2.24) is 15.1 Å².